The molecule has 0 aliphatic carbocycles. The van der Waals surface area contributed by atoms with Crippen LogP contribution in [0.3, 0.4) is 0 Å². The molecule has 6 heteroatoms. The maximum atomic E-state index is 12.2. The number of hydrogen-bond acceptors (Lipinski definition) is 4. The molecule has 0 bridgehead atoms. The standard InChI is InChI=1S/C14H18BrN3O2/c1-9(2)8-18-14(19)13(15)11(7-16-18)17-10(3)12-5-4-6-20-12/h4-7,9-10,17H,8H2,1-3H3. The van der Waals surface area contributed by atoms with Crippen molar-refractivity contribution in [1.82, 2.24) is 9.78 Å². The van der Waals surface area contributed by atoms with E-state index in [2.05, 4.69) is 26.3 Å². The average molecular weight is 340 g/mol. The molecule has 1 unspecified atom stereocenters. The summed E-state index contributed by atoms with van der Waals surface area (Å²) < 4.78 is 7.29. The van der Waals surface area contributed by atoms with Gasteiger partial charge in [-0.15, -0.1) is 0 Å². The molecule has 0 aliphatic rings. The molecule has 0 radical (unpaired) electrons. The van der Waals surface area contributed by atoms with Crippen LogP contribution in [-0.4, -0.2) is 9.78 Å². The van der Waals surface area contributed by atoms with Crippen molar-refractivity contribution in [2.24, 2.45) is 5.92 Å². The van der Waals surface area contributed by atoms with Crippen molar-refractivity contribution in [3.8, 4) is 0 Å². The first-order chi connectivity index (χ1) is 9.49. The zero-order chi connectivity index (χ0) is 14.7. The number of nitrogens with zero attached hydrogens (tertiary/aromatic N) is 2. The fraction of sp³-hybridized carbons (Fsp3) is 0.429. The van der Waals surface area contributed by atoms with Gasteiger partial charge in [-0.25, -0.2) is 4.68 Å². The molecule has 1 atom stereocenters. The summed E-state index contributed by atoms with van der Waals surface area (Å²) in [4.78, 5) is 12.2. The third-order valence-electron chi connectivity index (χ3n) is 2.86. The van der Waals surface area contributed by atoms with Crippen molar-refractivity contribution in [3.05, 3.63) is 45.2 Å². The molecule has 0 fully saturated rings. The van der Waals surface area contributed by atoms with Gasteiger partial charge in [-0.3, -0.25) is 4.79 Å². The second-order valence-electron chi connectivity index (χ2n) is 5.13. The number of furan rings is 1. The lowest BCUT2D eigenvalue weighted by Crippen LogP contribution is -2.26. The molecule has 2 rings (SSSR count). The lowest BCUT2D eigenvalue weighted by atomic mass is 10.2. The van der Waals surface area contributed by atoms with Gasteiger partial charge < -0.3 is 9.73 Å². The van der Waals surface area contributed by atoms with Crippen molar-refractivity contribution in [2.75, 3.05) is 5.32 Å². The van der Waals surface area contributed by atoms with Gasteiger partial charge >= 0.3 is 0 Å². The van der Waals surface area contributed by atoms with Gasteiger partial charge in [0.2, 0.25) is 0 Å². The predicted molar refractivity (Wildman–Crippen MR) is 81.8 cm³/mol. The van der Waals surface area contributed by atoms with Crippen LogP contribution in [0, 0.1) is 5.92 Å². The van der Waals surface area contributed by atoms with E-state index in [1.165, 1.54) is 4.68 Å². The number of halogens is 1. The van der Waals surface area contributed by atoms with Crippen LogP contribution < -0.4 is 10.9 Å². The molecule has 0 spiro atoms. The molecule has 108 valence electrons. The summed E-state index contributed by atoms with van der Waals surface area (Å²) in [5.41, 5.74) is 0.536. The molecule has 0 aliphatic heterocycles. The van der Waals surface area contributed by atoms with Crippen LogP contribution in [-0.2, 0) is 6.54 Å². The van der Waals surface area contributed by atoms with Gasteiger partial charge in [-0.2, -0.15) is 5.10 Å². The Bertz CT molecular complexity index is 620. The summed E-state index contributed by atoms with van der Waals surface area (Å²) >= 11 is 3.35. The highest BCUT2D eigenvalue weighted by Gasteiger charge is 2.14. The first-order valence-electron chi connectivity index (χ1n) is 6.54. The lowest BCUT2D eigenvalue weighted by molar-refractivity contribution is 0.462. The van der Waals surface area contributed by atoms with E-state index >= 15 is 0 Å². The van der Waals surface area contributed by atoms with E-state index in [-0.39, 0.29) is 11.6 Å². The zero-order valence-electron chi connectivity index (χ0n) is 11.8. The molecule has 2 aromatic rings. The fourth-order valence-corrected chi connectivity index (χ4v) is 2.31. The third-order valence-corrected chi connectivity index (χ3v) is 3.63. The van der Waals surface area contributed by atoms with E-state index in [1.807, 2.05) is 32.9 Å². The lowest BCUT2D eigenvalue weighted by Gasteiger charge is -2.15. The first kappa shape index (κ1) is 14.8. The average Bonchev–Trinajstić information content (AvgIpc) is 2.92. The van der Waals surface area contributed by atoms with Crippen LogP contribution in [0.5, 0.6) is 0 Å². The Morgan fingerprint density at radius 3 is 2.80 bits per heavy atom. The number of hydrogen-bond donors (Lipinski definition) is 1. The molecule has 2 aromatic heterocycles. The van der Waals surface area contributed by atoms with Crippen LogP contribution in [0.4, 0.5) is 5.69 Å². The van der Waals surface area contributed by atoms with Gasteiger partial charge in [0.15, 0.2) is 0 Å². The largest absolute Gasteiger partial charge is 0.467 e. The molecule has 0 amide bonds. The fourth-order valence-electron chi connectivity index (χ4n) is 1.88. The first-order valence-corrected chi connectivity index (χ1v) is 7.34. The smallest absolute Gasteiger partial charge is 0.283 e. The Hall–Kier alpha value is -1.56. The summed E-state index contributed by atoms with van der Waals surface area (Å²) in [6.45, 7) is 6.66. The van der Waals surface area contributed by atoms with E-state index < -0.39 is 0 Å². The Morgan fingerprint density at radius 1 is 1.45 bits per heavy atom. The van der Waals surface area contributed by atoms with Crippen LogP contribution in [0.1, 0.15) is 32.6 Å². The minimum atomic E-state index is -0.129. The number of rotatable bonds is 5. The highest BCUT2D eigenvalue weighted by atomic mass is 79.9. The van der Waals surface area contributed by atoms with E-state index in [0.29, 0.717) is 22.6 Å². The number of anilines is 1. The Labute approximate surface area is 126 Å². The zero-order valence-corrected chi connectivity index (χ0v) is 13.3. The van der Waals surface area contributed by atoms with Crippen molar-refractivity contribution in [1.29, 1.82) is 0 Å². The van der Waals surface area contributed by atoms with Gasteiger partial charge in [-0.1, -0.05) is 13.8 Å². The molecule has 1 N–H and O–H groups in total. The van der Waals surface area contributed by atoms with E-state index in [9.17, 15) is 4.79 Å². The van der Waals surface area contributed by atoms with Crippen LogP contribution in [0.15, 0.2) is 38.3 Å². The maximum Gasteiger partial charge on any atom is 0.283 e. The number of aromatic nitrogens is 2. The molecule has 0 saturated heterocycles. The molecule has 0 saturated carbocycles. The minimum Gasteiger partial charge on any atom is -0.467 e. The van der Waals surface area contributed by atoms with Gasteiger partial charge in [-0.05, 0) is 40.9 Å². The second-order valence-corrected chi connectivity index (χ2v) is 5.93. The topological polar surface area (TPSA) is 60.1 Å². The second kappa shape index (κ2) is 6.26. The Morgan fingerprint density at radius 2 is 2.20 bits per heavy atom. The van der Waals surface area contributed by atoms with Gasteiger partial charge in [0.25, 0.3) is 5.56 Å². The Balaban J connectivity index is 2.21. The van der Waals surface area contributed by atoms with Crippen molar-refractivity contribution in [3.63, 3.8) is 0 Å². The molecule has 2 heterocycles. The van der Waals surface area contributed by atoms with Crippen molar-refractivity contribution in [2.45, 2.75) is 33.4 Å². The predicted octanol–water partition coefficient (Wildman–Crippen LogP) is 3.43. The summed E-state index contributed by atoms with van der Waals surface area (Å²) in [5.74, 6) is 1.18. The maximum absolute atomic E-state index is 12.2. The van der Waals surface area contributed by atoms with Crippen LogP contribution in [0.25, 0.3) is 0 Å². The summed E-state index contributed by atoms with van der Waals surface area (Å²) in [5, 5.41) is 7.41. The van der Waals surface area contributed by atoms with Gasteiger partial charge in [0.1, 0.15) is 10.2 Å². The monoisotopic (exact) mass is 339 g/mol. The summed E-state index contributed by atoms with van der Waals surface area (Å²) in [6.07, 6.45) is 3.29. The Kier molecular flexibility index (Phi) is 4.65. The highest BCUT2D eigenvalue weighted by molar-refractivity contribution is 9.10. The molecular formula is C14H18BrN3O2. The van der Waals surface area contributed by atoms with Crippen LogP contribution in [0.2, 0.25) is 0 Å². The number of nitrogens with one attached hydrogen (secondary N) is 1. The highest BCUT2D eigenvalue weighted by Crippen LogP contribution is 2.23. The summed E-state index contributed by atoms with van der Waals surface area (Å²) in [7, 11) is 0. The van der Waals surface area contributed by atoms with Crippen LogP contribution >= 0.6 is 15.9 Å². The van der Waals surface area contributed by atoms with E-state index in [0.717, 1.165) is 5.76 Å². The van der Waals surface area contributed by atoms with E-state index in [4.69, 9.17) is 4.42 Å². The molecular weight excluding hydrogens is 322 g/mol. The third kappa shape index (κ3) is 3.30. The molecule has 5 nitrogen and oxygen atoms in total. The molecule has 0 aromatic carbocycles. The van der Waals surface area contributed by atoms with E-state index in [1.54, 1.807) is 12.5 Å². The molecule has 20 heavy (non-hydrogen) atoms. The SMILES string of the molecule is CC(C)Cn1ncc(NC(C)c2ccco2)c(Br)c1=O. The minimum absolute atomic E-state index is 0.0385. The van der Waals surface area contributed by atoms with Crippen molar-refractivity contribution < 1.29 is 4.42 Å². The normalized spacial score (nSPS) is 12.7. The van der Waals surface area contributed by atoms with Gasteiger partial charge in [0, 0.05) is 6.54 Å². The quantitative estimate of drug-likeness (QED) is 0.906. The summed E-state index contributed by atoms with van der Waals surface area (Å²) in [6, 6.07) is 3.68. The van der Waals surface area contributed by atoms with Gasteiger partial charge in [0.05, 0.1) is 24.2 Å². The van der Waals surface area contributed by atoms with Crippen molar-refractivity contribution >= 4 is 21.6 Å².